The molecular formula is C16H23N5. The van der Waals surface area contributed by atoms with Gasteiger partial charge in [0, 0.05) is 12.5 Å². The molecule has 2 aromatic rings. The number of hydrogen-bond acceptors (Lipinski definition) is 4. The summed E-state index contributed by atoms with van der Waals surface area (Å²) in [7, 11) is 1.92. The van der Waals surface area contributed by atoms with Gasteiger partial charge in [-0.3, -0.25) is 16.0 Å². The molecule has 1 aromatic carbocycles. The maximum atomic E-state index is 5.97. The van der Waals surface area contributed by atoms with E-state index in [9.17, 15) is 0 Å². The van der Waals surface area contributed by atoms with E-state index in [0.29, 0.717) is 0 Å². The van der Waals surface area contributed by atoms with Crippen molar-refractivity contribution in [1.82, 2.24) is 20.4 Å². The lowest BCUT2D eigenvalue weighted by Crippen LogP contribution is -2.46. The molecule has 1 aliphatic carbocycles. The summed E-state index contributed by atoms with van der Waals surface area (Å²) in [6.07, 6.45) is 7.87. The highest BCUT2D eigenvalue weighted by Crippen LogP contribution is 2.47. The van der Waals surface area contributed by atoms with Crippen molar-refractivity contribution in [3.8, 4) is 0 Å². The third-order valence-corrected chi connectivity index (χ3v) is 4.86. The van der Waals surface area contributed by atoms with E-state index >= 15 is 0 Å². The van der Waals surface area contributed by atoms with Crippen LogP contribution in [0.25, 0.3) is 0 Å². The molecule has 0 bridgehead atoms. The fraction of sp³-hybridized carbons (Fsp3) is 0.500. The number of benzene rings is 1. The lowest BCUT2D eigenvalue weighted by Gasteiger charge is -2.43. The SMILES string of the molecule is Cn1nncc1C(NN)C1(c2ccccc2)CCCCC1. The Morgan fingerprint density at radius 2 is 1.90 bits per heavy atom. The number of aryl methyl sites for hydroxylation is 1. The van der Waals surface area contributed by atoms with Crippen LogP contribution in [0, 0.1) is 0 Å². The molecule has 3 rings (SSSR count). The first-order chi connectivity index (χ1) is 10.3. The topological polar surface area (TPSA) is 68.8 Å². The van der Waals surface area contributed by atoms with E-state index in [1.165, 1.54) is 24.8 Å². The molecule has 5 heteroatoms. The molecule has 1 aromatic heterocycles. The van der Waals surface area contributed by atoms with E-state index in [1.54, 1.807) is 0 Å². The minimum atomic E-state index is 0.0176. The third kappa shape index (κ3) is 2.47. The first kappa shape index (κ1) is 14.2. The second-order valence-electron chi connectivity index (χ2n) is 5.96. The van der Waals surface area contributed by atoms with Crippen LogP contribution in [0.4, 0.5) is 0 Å². The minimum absolute atomic E-state index is 0.0176. The van der Waals surface area contributed by atoms with Crippen LogP contribution >= 0.6 is 0 Å². The summed E-state index contributed by atoms with van der Waals surface area (Å²) in [4.78, 5) is 0. The molecule has 1 heterocycles. The van der Waals surface area contributed by atoms with Gasteiger partial charge in [0.1, 0.15) is 0 Å². The predicted octanol–water partition coefficient (Wildman–Crippen LogP) is 2.22. The normalized spacial score (nSPS) is 19.3. The van der Waals surface area contributed by atoms with Crippen LogP contribution in [-0.4, -0.2) is 15.0 Å². The Bertz CT molecular complexity index is 571. The number of nitrogens with two attached hydrogens (primary N) is 1. The van der Waals surface area contributed by atoms with Crippen LogP contribution in [0.3, 0.4) is 0 Å². The highest BCUT2D eigenvalue weighted by molar-refractivity contribution is 5.31. The molecule has 0 saturated heterocycles. The van der Waals surface area contributed by atoms with Gasteiger partial charge in [-0.25, -0.2) is 0 Å². The zero-order valence-corrected chi connectivity index (χ0v) is 12.5. The van der Waals surface area contributed by atoms with Gasteiger partial charge in [-0.1, -0.05) is 54.8 Å². The van der Waals surface area contributed by atoms with Crippen molar-refractivity contribution in [1.29, 1.82) is 0 Å². The standard InChI is InChI=1S/C16H23N5/c1-21-14(12-18-20-21)15(19-17)16(10-6-3-7-11-16)13-8-4-2-5-9-13/h2,4-5,8-9,12,15,19H,3,6-7,10-11,17H2,1H3. The number of hydrogen-bond donors (Lipinski definition) is 2. The molecule has 1 unspecified atom stereocenters. The van der Waals surface area contributed by atoms with Gasteiger partial charge in [0.15, 0.2) is 0 Å². The summed E-state index contributed by atoms with van der Waals surface area (Å²) in [5, 5.41) is 8.10. The monoisotopic (exact) mass is 285 g/mol. The van der Waals surface area contributed by atoms with Crippen LogP contribution in [0.1, 0.15) is 49.4 Å². The molecule has 1 saturated carbocycles. The van der Waals surface area contributed by atoms with Crippen molar-refractivity contribution < 1.29 is 0 Å². The first-order valence-corrected chi connectivity index (χ1v) is 7.64. The van der Waals surface area contributed by atoms with Crippen molar-refractivity contribution in [2.45, 2.75) is 43.6 Å². The molecule has 0 amide bonds. The quantitative estimate of drug-likeness (QED) is 0.667. The largest absolute Gasteiger partial charge is 0.271 e. The Balaban J connectivity index is 2.08. The Morgan fingerprint density at radius 3 is 2.48 bits per heavy atom. The molecular weight excluding hydrogens is 262 g/mol. The molecule has 0 spiro atoms. The molecule has 5 nitrogen and oxygen atoms in total. The number of aromatic nitrogens is 3. The van der Waals surface area contributed by atoms with Gasteiger partial charge in [0.25, 0.3) is 0 Å². The van der Waals surface area contributed by atoms with E-state index in [2.05, 4.69) is 46.1 Å². The number of hydrazine groups is 1. The minimum Gasteiger partial charge on any atom is -0.271 e. The summed E-state index contributed by atoms with van der Waals surface area (Å²) < 4.78 is 1.82. The Hall–Kier alpha value is -1.72. The van der Waals surface area contributed by atoms with Gasteiger partial charge in [-0.2, -0.15) is 0 Å². The molecule has 112 valence electrons. The van der Waals surface area contributed by atoms with Crippen molar-refractivity contribution in [2.75, 3.05) is 0 Å². The van der Waals surface area contributed by atoms with Gasteiger partial charge in [-0.15, -0.1) is 5.10 Å². The lowest BCUT2D eigenvalue weighted by atomic mass is 9.64. The van der Waals surface area contributed by atoms with Crippen molar-refractivity contribution >= 4 is 0 Å². The molecule has 21 heavy (non-hydrogen) atoms. The fourth-order valence-corrected chi connectivity index (χ4v) is 3.78. The van der Waals surface area contributed by atoms with Crippen LogP contribution < -0.4 is 11.3 Å². The summed E-state index contributed by atoms with van der Waals surface area (Å²) in [5.74, 6) is 5.97. The van der Waals surface area contributed by atoms with Gasteiger partial charge in [0.2, 0.25) is 0 Å². The predicted molar refractivity (Wildman–Crippen MR) is 82.3 cm³/mol. The lowest BCUT2D eigenvalue weighted by molar-refractivity contribution is 0.207. The van der Waals surface area contributed by atoms with E-state index in [-0.39, 0.29) is 11.5 Å². The van der Waals surface area contributed by atoms with Crippen LogP contribution in [-0.2, 0) is 12.5 Å². The smallest absolute Gasteiger partial charge is 0.0775 e. The van der Waals surface area contributed by atoms with Crippen molar-refractivity contribution in [3.05, 3.63) is 47.8 Å². The van der Waals surface area contributed by atoms with Crippen molar-refractivity contribution in [3.63, 3.8) is 0 Å². The van der Waals surface area contributed by atoms with Crippen LogP contribution in [0.5, 0.6) is 0 Å². The van der Waals surface area contributed by atoms with Crippen molar-refractivity contribution in [2.24, 2.45) is 12.9 Å². The van der Waals surface area contributed by atoms with E-state index < -0.39 is 0 Å². The Labute approximate surface area is 125 Å². The number of rotatable bonds is 4. The maximum absolute atomic E-state index is 5.97. The van der Waals surface area contributed by atoms with Gasteiger partial charge in [0.05, 0.1) is 17.9 Å². The average Bonchev–Trinajstić information content (AvgIpc) is 2.96. The first-order valence-electron chi connectivity index (χ1n) is 7.64. The maximum Gasteiger partial charge on any atom is 0.0775 e. The zero-order valence-electron chi connectivity index (χ0n) is 12.5. The van der Waals surface area contributed by atoms with Gasteiger partial charge >= 0.3 is 0 Å². The average molecular weight is 285 g/mol. The zero-order chi connectivity index (χ0) is 14.7. The summed E-state index contributed by atoms with van der Waals surface area (Å²) in [6.45, 7) is 0. The summed E-state index contributed by atoms with van der Waals surface area (Å²) >= 11 is 0. The molecule has 0 aliphatic heterocycles. The fourth-order valence-electron chi connectivity index (χ4n) is 3.78. The summed E-state index contributed by atoms with van der Waals surface area (Å²) in [5.41, 5.74) is 5.47. The van der Waals surface area contributed by atoms with E-state index in [0.717, 1.165) is 18.5 Å². The second kappa shape index (κ2) is 5.95. The van der Waals surface area contributed by atoms with Gasteiger partial charge in [-0.05, 0) is 18.4 Å². The third-order valence-electron chi connectivity index (χ3n) is 4.86. The molecule has 3 N–H and O–H groups in total. The van der Waals surface area contributed by atoms with Crippen LogP contribution in [0.2, 0.25) is 0 Å². The molecule has 0 radical (unpaired) electrons. The molecule has 1 fully saturated rings. The highest BCUT2D eigenvalue weighted by Gasteiger charge is 2.43. The second-order valence-corrected chi connectivity index (χ2v) is 5.96. The van der Waals surface area contributed by atoms with Gasteiger partial charge < -0.3 is 0 Å². The highest BCUT2D eigenvalue weighted by atomic mass is 15.4. The number of nitrogens with one attached hydrogen (secondary N) is 1. The molecule has 1 atom stereocenters. The van der Waals surface area contributed by atoms with E-state index in [4.69, 9.17) is 5.84 Å². The van der Waals surface area contributed by atoms with Crippen LogP contribution in [0.15, 0.2) is 36.5 Å². The summed E-state index contributed by atoms with van der Waals surface area (Å²) in [6, 6.07) is 10.8. The molecule has 1 aliphatic rings. The van der Waals surface area contributed by atoms with E-state index in [1.807, 2.05) is 17.9 Å². The Morgan fingerprint density at radius 1 is 1.19 bits per heavy atom. The number of nitrogens with zero attached hydrogens (tertiary/aromatic N) is 3. The Kier molecular flexibility index (Phi) is 4.03.